The molecule has 0 heterocycles. The molecule has 2 heteroatoms. The maximum absolute atomic E-state index is 11.5. The molecule has 0 amide bonds. The lowest BCUT2D eigenvalue weighted by molar-refractivity contribution is -0.117. The van der Waals surface area contributed by atoms with E-state index in [2.05, 4.69) is 20.8 Å². The van der Waals surface area contributed by atoms with Crippen LogP contribution >= 0.6 is 0 Å². The van der Waals surface area contributed by atoms with Crippen molar-refractivity contribution in [3.8, 4) is 0 Å². The highest BCUT2D eigenvalue weighted by Crippen LogP contribution is 2.60. The van der Waals surface area contributed by atoms with Crippen molar-refractivity contribution in [1.82, 2.24) is 0 Å². The Morgan fingerprint density at radius 2 is 2.00 bits per heavy atom. The van der Waals surface area contributed by atoms with Crippen LogP contribution in [0.1, 0.15) is 40.5 Å². The van der Waals surface area contributed by atoms with E-state index >= 15 is 0 Å². The molecule has 0 radical (unpaired) electrons. The molecular formula is C15H22O2. The molecule has 2 nitrogen and oxygen atoms in total. The van der Waals surface area contributed by atoms with E-state index in [-0.39, 0.29) is 17.3 Å². The van der Waals surface area contributed by atoms with Gasteiger partial charge in [-0.2, -0.15) is 0 Å². The van der Waals surface area contributed by atoms with Crippen molar-refractivity contribution in [2.24, 2.45) is 29.1 Å². The largest absolute Gasteiger partial charge is 0.303 e. The summed E-state index contributed by atoms with van der Waals surface area (Å²) in [6, 6.07) is 0. The predicted octanol–water partition coefficient (Wildman–Crippen LogP) is 3.02. The van der Waals surface area contributed by atoms with Crippen LogP contribution in [0.5, 0.6) is 0 Å². The first-order valence-corrected chi connectivity index (χ1v) is 6.59. The molecule has 17 heavy (non-hydrogen) atoms. The van der Waals surface area contributed by atoms with Crippen LogP contribution in [0.3, 0.4) is 0 Å². The van der Waals surface area contributed by atoms with E-state index in [4.69, 9.17) is 0 Å². The van der Waals surface area contributed by atoms with Crippen LogP contribution in [0.25, 0.3) is 0 Å². The predicted molar refractivity (Wildman–Crippen MR) is 67.5 cm³/mol. The third kappa shape index (κ3) is 1.53. The fourth-order valence-corrected chi connectivity index (χ4v) is 4.07. The Kier molecular flexibility index (Phi) is 3.01. The molecule has 0 unspecified atom stereocenters. The first-order chi connectivity index (χ1) is 7.97. The highest BCUT2D eigenvalue weighted by Gasteiger charge is 2.55. The second-order valence-electron chi connectivity index (χ2n) is 6.25. The number of carbonyl (C=O) groups is 2. The minimum Gasteiger partial charge on any atom is -0.303 e. The minimum absolute atomic E-state index is 0.0175. The summed E-state index contributed by atoms with van der Waals surface area (Å²) < 4.78 is 0. The number of hydrogen-bond acceptors (Lipinski definition) is 2. The molecule has 2 rings (SSSR count). The van der Waals surface area contributed by atoms with E-state index < -0.39 is 0 Å². The van der Waals surface area contributed by atoms with E-state index in [0.717, 1.165) is 36.6 Å². The van der Waals surface area contributed by atoms with Gasteiger partial charge in [-0.25, -0.2) is 0 Å². The highest BCUT2D eigenvalue weighted by atomic mass is 16.1. The van der Waals surface area contributed by atoms with Crippen LogP contribution in [0.4, 0.5) is 0 Å². The highest BCUT2D eigenvalue weighted by molar-refractivity contribution is 5.80. The first-order valence-electron chi connectivity index (χ1n) is 6.59. The second kappa shape index (κ2) is 4.08. The molecule has 1 saturated carbocycles. The SMILES string of the molecule is CC1=C(C=O)[C@H]2[C@H](C(C)C)CC[C@]1(C)[C@H]2C=O. The van der Waals surface area contributed by atoms with E-state index in [1.54, 1.807) is 0 Å². The molecule has 0 aliphatic heterocycles. The van der Waals surface area contributed by atoms with Crippen molar-refractivity contribution < 1.29 is 9.59 Å². The first kappa shape index (κ1) is 12.5. The molecule has 0 aromatic heterocycles. The molecule has 1 fully saturated rings. The quantitative estimate of drug-likeness (QED) is 0.703. The van der Waals surface area contributed by atoms with Crippen LogP contribution in [0.15, 0.2) is 11.1 Å². The van der Waals surface area contributed by atoms with Gasteiger partial charge in [0.2, 0.25) is 0 Å². The zero-order chi connectivity index (χ0) is 12.8. The Morgan fingerprint density at radius 1 is 1.35 bits per heavy atom. The van der Waals surface area contributed by atoms with Crippen LogP contribution in [-0.4, -0.2) is 12.6 Å². The number of allylic oxidation sites excluding steroid dienone is 2. The summed E-state index contributed by atoms with van der Waals surface area (Å²) in [5.74, 6) is 1.20. The summed E-state index contributed by atoms with van der Waals surface area (Å²) in [6.07, 6.45) is 4.28. The summed E-state index contributed by atoms with van der Waals surface area (Å²) in [6.45, 7) is 8.60. The van der Waals surface area contributed by atoms with Gasteiger partial charge in [0.15, 0.2) is 0 Å². The summed E-state index contributed by atoms with van der Waals surface area (Å²) in [4.78, 5) is 22.8. The molecule has 0 spiro atoms. The smallest absolute Gasteiger partial charge is 0.146 e. The van der Waals surface area contributed by atoms with Gasteiger partial charge in [0.25, 0.3) is 0 Å². The number of rotatable bonds is 3. The van der Waals surface area contributed by atoms with Gasteiger partial charge in [0.1, 0.15) is 12.6 Å². The summed E-state index contributed by atoms with van der Waals surface area (Å²) in [5, 5.41) is 0. The Hall–Kier alpha value is -0.920. The minimum atomic E-state index is -0.0615. The van der Waals surface area contributed by atoms with Crippen molar-refractivity contribution in [1.29, 1.82) is 0 Å². The fraction of sp³-hybridized carbons (Fsp3) is 0.733. The maximum Gasteiger partial charge on any atom is 0.146 e. The molecule has 0 aromatic rings. The third-order valence-electron chi connectivity index (χ3n) is 5.36. The average molecular weight is 234 g/mol. The molecule has 4 atom stereocenters. The van der Waals surface area contributed by atoms with Gasteiger partial charge in [-0.3, -0.25) is 4.79 Å². The lowest BCUT2D eigenvalue weighted by atomic mass is 9.60. The van der Waals surface area contributed by atoms with E-state index in [9.17, 15) is 9.59 Å². The molecular weight excluding hydrogens is 212 g/mol. The lowest BCUT2D eigenvalue weighted by Gasteiger charge is -2.43. The van der Waals surface area contributed by atoms with Gasteiger partial charge in [0, 0.05) is 11.8 Å². The Balaban J connectivity index is 2.51. The van der Waals surface area contributed by atoms with Gasteiger partial charge in [-0.15, -0.1) is 0 Å². The number of aldehydes is 2. The molecule has 2 aliphatic carbocycles. The van der Waals surface area contributed by atoms with Gasteiger partial charge in [0.05, 0.1) is 0 Å². The van der Waals surface area contributed by atoms with Gasteiger partial charge in [-0.05, 0) is 42.6 Å². The molecule has 94 valence electrons. The zero-order valence-corrected chi connectivity index (χ0v) is 11.2. The van der Waals surface area contributed by atoms with Crippen molar-refractivity contribution in [2.45, 2.75) is 40.5 Å². The summed E-state index contributed by atoms with van der Waals surface area (Å²) in [7, 11) is 0. The summed E-state index contributed by atoms with van der Waals surface area (Å²) >= 11 is 0. The Bertz CT molecular complexity index is 380. The van der Waals surface area contributed by atoms with Crippen LogP contribution < -0.4 is 0 Å². The zero-order valence-electron chi connectivity index (χ0n) is 11.2. The topological polar surface area (TPSA) is 34.1 Å². The van der Waals surface area contributed by atoms with E-state index in [1.807, 2.05) is 6.92 Å². The normalized spacial score (nSPS) is 40.9. The Morgan fingerprint density at radius 3 is 2.47 bits per heavy atom. The molecule has 0 N–H and O–H groups in total. The van der Waals surface area contributed by atoms with Gasteiger partial charge >= 0.3 is 0 Å². The third-order valence-corrected chi connectivity index (χ3v) is 5.36. The van der Waals surface area contributed by atoms with Crippen molar-refractivity contribution >= 4 is 12.6 Å². The number of hydrogen-bond donors (Lipinski definition) is 0. The maximum atomic E-state index is 11.5. The van der Waals surface area contributed by atoms with Crippen LogP contribution in [0, 0.1) is 29.1 Å². The molecule has 2 bridgehead atoms. The average Bonchev–Trinajstić information content (AvgIpc) is 2.41. The van der Waals surface area contributed by atoms with E-state index in [0.29, 0.717) is 11.8 Å². The molecule has 0 aromatic carbocycles. The molecule has 2 aliphatic rings. The summed E-state index contributed by atoms with van der Waals surface area (Å²) in [5.41, 5.74) is 2.02. The van der Waals surface area contributed by atoms with Gasteiger partial charge in [-0.1, -0.05) is 26.3 Å². The fourth-order valence-electron chi connectivity index (χ4n) is 4.07. The lowest BCUT2D eigenvalue weighted by Crippen LogP contribution is -2.39. The number of fused-ring (bicyclic) bond motifs is 2. The van der Waals surface area contributed by atoms with E-state index in [1.165, 1.54) is 0 Å². The second-order valence-corrected chi connectivity index (χ2v) is 6.25. The van der Waals surface area contributed by atoms with Crippen molar-refractivity contribution in [3.63, 3.8) is 0 Å². The Labute approximate surface area is 103 Å². The van der Waals surface area contributed by atoms with Gasteiger partial charge < -0.3 is 4.79 Å². The standard InChI is InChI=1S/C15H22O2/c1-9(2)11-5-6-15(4)10(3)12(7-16)14(11)13(15)8-17/h7-9,11,13-14H,5-6H2,1-4H3/t11-,13-,14+,15-/m0/s1. The van der Waals surface area contributed by atoms with Crippen molar-refractivity contribution in [2.75, 3.05) is 0 Å². The monoisotopic (exact) mass is 234 g/mol. The van der Waals surface area contributed by atoms with Crippen LogP contribution in [-0.2, 0) is 9.59 Å². The number of carbonyl (C=O) groups excluding carboxylic acids is 2. The molecule has 0 saturated heterocycles. The van der Waals surface area contributed by atoms with Crippen LogP contribution in [0.2, 0.25) is 0 Å². The van der Waals surface area contributed by atoms with Crippen molar-refractivity contribution in [3.05, 3.63) is 11.1 Å².